The van der Waals surface area contributed by atoms with Crippen molar-refractivity contribution in [2.45, 2.75) is 46.6 Å². The zero-order valence-corrected chi connectivity index (χ0v) is 9.71. The number of hydrogen-bond acceptors (Lipinski definition) is 2. The minimum Gasteiger partial charge on any atom is -0.394 e. The van der Waals surface area contributed by atoms with E-state index in [1.807, 2.05) is 20.8 Å². The molecule has 0 aliphatic carbocycles. The second kappa shape index (κ2) is 6.82. The number of rotatable bonds is 6. The van der Waals surface area contributed by atoms with Crippen LogP contribution in [0.3, 0.4) is 0 Å². The van der Waals surface area contributed by atoms with Gasteiger partial charge in [0.15, 0.2) is 0 Å². The molecule has 14 heavy (non-hydrogen) atoms. The maximum atomic E-state index is 11.6. The highest BCUT2D eigenvalue weighted by Gasteiger charge is 2.18. The predicted molar refractivity (Wildman–Crippen MR) is 57.9 cm³/mol. The summed E-state index contributed by atoms with van der Waals surface area (Å²) in [4.78, 5) is 11.6. The Balaban J connectivity index is 4.01. The van der Waals surface area contributed by atoms with Crippen LogP contribution in [-0.2, 0) is 4.79 Å². The molecule has 0 bridgehead atoms. The van der Waals surface area contributed by atoms with Crippen LogP contribution in [0, 0.1) is 11.8 Å². The second-order valence-corrected chi connectivity index (χ2v) is 4.23. The highest BCUT2D eigenvalue weighted by Crippen LogP contribution is 2.07. The predicted octanol–water partition coefficient (Wildman–Crippen LogP) is 1.56. The van der Waals surface area contributed by atoms with Crippen LogP contribution < -0.4 is 5.32 Å². The molecule has 1 amide bonds. The summed E-state index contributed by atoms with van der Waals surface area (Å²) in [5.41, 5.74) is 0. The van der Waals surface area contributed by atoms with Crippen LogP contribution in [0.4, 0.5) is 0 Å². The molecule has 0 spiro atoms. The molecular weight excluding hydrogens is 178 g/mol. The smallest absolute Gasteiger partial charge is 0.223 e. The van der Waals surface area contributed by atoms with Crippen LogP contribution in [0.2, 0.25) is 0 Å². The molecule has 1 unspecified atom stereocenters. The number of hydrogen-bond donors (Lipinski definition) is 2. The summed E-state index contributed by atoms with van der Waals surface area (Å²) in [6.07, 6.45) is 1.92. The summed E-state index contributed by atoms with van der Waals surface area (Å²) in [6.45, 7) is 7.99. The maximum Gasteiger partial charge on any atom is 0.223 e. The number of amides is 1. The largest absolute Gasteiger partial charge is 0.394 e. The number of carbonyl (C=O) groups is 1. The molecule has 0 aromatic carbocycles. The van der Waals surface area contributed by atoms with Crippen LogP contribution in [0.25, 0.3) is 0 Å². The van der Waals surface area contributed by atoms with Gasteiger partial charge in [0.05, 0.1) is 12.6 Å². The van der Waals surface area contributed by atoms with Gasteiger partial charge in [0.1, 0.15) is 0 Å². The van der Waals surface area contributed by atoms with Crippen molar-refractivity contribution in [3.8, 4) is 0 Å². The van der Waals surface area contributed by atoms with Crippen molar-refractivity contribution < 1.29 is 9.90 Å². The van der Waals surface area contributed by atoms with Crippen LogP contribution >= 0.6 is 0 Å². The number of aliphatic hydroxyl groups excluding tert-OH is 1. The van der Waals surface area contributed by atoms with Gasteiger partial charge in [-0.1, -0.05) is 34.1 Å². The van der Waals surface area contributed by atoms with E-state index in [-0.39, 0.29) is 30.4 Å². The summed E-state index contributed by atoms with van der Waals surface area (Å²) in [7, 11) is 0. The van der Waals surface area contributed by atoms with Crippen LogP contribution in [-0.4, -0.2) is 23.7 Å². The molecule has 0 radical (unpaired) electrons. The first-order chi connectivity index (χ1) is 6.52. The van der Waals surface area contributed by atoms with E-state index < -0.39 is 0 Å². The summed E-state index contributed by atoms with van der Waals surface area (Å²) in [5, 5.41) is 11.9. The van der Waals surface area contributed by atoms with Crippen molar-refractivity contribution in [1.82, 2.24) is 5.32 Å². The molecule has 0 heterocycles. The highest BCUT2D eigenvalue weighted by molar-refractivity contribution is 5.78. The van der Waals surface area contributed by atoms with Crippen LogP contribution in [0.5, 0.6) is 0 Å². The summed E-state index contributed by atoms with van der Waals surface area (Å²) in [5.74, 6) is 0.380. The SMILES string of the molecule is CCC[C@H](C)C(=O)NC(CO)C(C)C. The van der Waals surface area contributed by atoms with Crippen LogP contribution in [0.1, 0.15) is 40.5 Å². The lowest BCUT2D eigenvalue weighted by Gasteiger charge is -2.22. The molecule has 0 rings (SSSR count). The second-order valence-electron chi connectivity index (χ2n) is 4.23. The van der Waals surface area contributed by atoms with Crippen molar-refractivity contribution in [2.75, 3.05) is 6.61 Å². The van der Waals surface area contributed by atoms with Crippen molar-refractivity contribution in [3.63, 3.8) is 0 Å². The molecule has 0 fully saturated rings. The lowest BCUT2D eigenvalue weighted by Crippen LogP contribution is -2.43. The lowest BCUT2D eigenvalue weighted by atomic mass is 10.0. The Hall–Kier alpha value is -0.570. The van der Waals surface area contributed by atoms with Crippen molar-refractivity contribution in [1.29, 1.82) is 0 Å². The normalized spacial score (nSPS) is 15.3. The fourth-order valence-electron chi connectivity index (χ4n) is 1.31. The van der Waals surface area contributed by atoms with E-state index in [0.29, 0.717) is 0 Å². The maximum absolute atomic E-state index is 11.6. The topological polar surface area (TPSA) is 49.3 Å². The summed E-state index contributed by atoms with van der Waals surface area (Å²) < 4.78 is 0. The Morgan fingerprint density at radius 3 is 2.29 bits per heavy atom. The first kappa shape index (κ1) is 13.4. The minimum absolute atomic E-state index is 0.0161. The van der Waals surface area contributed by atoms with Gasteiger partial charge in [0.25, 0.3) is 0 Å². The number of aliphatic hydroxyl groups is 1. The molecule has 0 saturated heterocycles. The third kappa shape index (κ3) is 4.61. The van der Waals surface area contributed by atoms with Crippen molar-refractivity contribution in [3.05, 3.63) is 0 Å². The van der Waals surface area contributed by atoms with E-state index in [9.17, 15) is 4.79 Å². The van der Waals surface area contributed by atoms with Gasteiger partial charge in [0, 0.05) is 5.92 Å². The molecule has 2 atom stereocenters. The molecule has 0 aromatic heterocycles. The van der Waals surface area contributed by atoms with E-state index >= 15 is 0 Å². The lowest BCUT2D eigenvalue weighted by molar-refractivity contribution is -0.126. The third-order valence-corrected chi connectivity index (χ3v) is 2.50. The van der Waals surface area contributed by atoms with Gasteiger partial charge in [-0.25, -0.2) is 0 Å². The molecule has 0 aliphatic heterocycles. The summed E-state index contributed by atoms with van der Waals surface area (Å²) >= 11 is 0. The Morgan fingerprint density at radius 2 is 1.93 bits per heavy atom. The molecule has 0 aromatic rings. The van der Waals surface area contributed by atoms with E-state index in [2.05, 4.69) is 12.2 Å². The molecular formula is C11H23NO2. The van der Waals surface area contributed by atoms with Gasteiger partial charge in [0.2, 0.25) is 5.91 Å². The minimum atomic E-state index is -0.109. The third-order valence-electron chi connectivity index (χ3n) is 2.50. The monoisotopic (exact) mass is 201 g/mol. The number of carbonyl (C=O) groups excluding carboxylic acids is 1. The van der Waals surface area contributed by atoms with Gasteiger partial charge in [-0.2, -0.15) is 0 Å². The Labute approximate surface area is 86.9 Å². The average molecular weight is 201 g/mol. The molecule has 2 N–H and O–H groups in total. The fraction of sp³-hybridized carbons (Fsp3) is 0.909. The fourth-order valence-corrected chi connectivity index (χ4v) is 1.31. The molecule has 0 saturated carbocycles. The average Bonchev–Trinajstić information content (AvgIpc) is 2.13. The molecule has 3 nitrogen and oxygen atoms in total. The van der Waals surface area contributed by atoms with Crippen LogP contribution in [0.15, 0.2) is 0 Å². The Kier molecular flexibility index (Phi) is 6.54. The summed E-state index contributed by atoms with van der Waals surface area (Å²) in [6, 6.07) is -0.109. The van der Waals surface area contributed by atoms with Crippen molar-refractivity contribution >= 4 is 5.91 Å². The van der Waals surface area contributed by atoms with Crippen molar-refractivity contribution in [2.24, 2.45) is 11.8 Å². The van der Waals surface area contributed by atoms with Gasteiger partial charge in [-0.15, -0.1) is 0 Å². The zero-order valence-electron chi connectivity index (χ0n) is 9.71. The highest BCUT2D eigenvalue weighted by atomic mass is 16.3. The first-order valence-electron chi connectivity index (χ1n) is 5.44. The standard InChI is InChI=1S/C11H23NO2/c1-5-6-9(4)11(14)12-10(7-13)8(2)3/h8-10,13H,5-7H2,1-4H3,(H,12,14)/t9-,10?/m0/s1. The first-order valence-corrected chi connectivity index (χ1v) is 5.44. The molecule has 3 heteroatoms. The Bertz CT molecular complexity index is 169. The number of nitrogens with one attached hydrogen (secondary N) is 1. The van der Waals surface area contributed by atoms with Gasteiger partial charge in [-0.3, -0.25) is 4.79 Å². The molecule has 84 valence electrons. The van der Waals surface area contributed by atoms with Gasteiger partial charge in [-0.05, 0) is 12.3 Å². The van der Waals surface area contributed by atoms with E-state index in [4.69, 9.17) is 5.11 Å². The van der Waals surface area contributed by atoms with Gasteiger partial charge < -0.3 is 10.4 Å². The Morgan fingerprint density at radius 1 is 1.36 bits per heavy atom. The van der Waals surface area contributed by atoms with E-state index in [0.717, 1.165) is 12.8 Å². The van der Waals surface area contributed by atoms with Gasteiger partial charge >= 0.3 is 0 Å². The molecule has 0 aliphatic rings. The quantitative estimate of drug-likeness (QED) is 0.685. The zero-order chi connectivity index (χ0) is 11.1. The van der Waals surface area contributed by atoms with E-state index in [1.165, 1.54) is 0 Å². The van der Waals surface area contributed by atoms with E-state index in [1.54, 1.807) is 0 Å².